The van der Waals surface area contributed by atoms with Crippen molar-refractivity contribution in [2.75, 3.05) is 0 Å². The smallest absolute Gasteiger partial charge is 0.303 e. The Morgan fingerprint density at radius 2 is 1.88 bits per heavy atom. The van der Waals surface area contributed by atoms with E-state index in [0.717, 1.165) is 10.0 Å². The number of halogens is 1. The van der Waals surface area contributed by atoms with Crippen LogP contribution >= 0.6 is 15.9 Å². The molecule has 0 fully saturated rings. The zero-order valence-electron chi connectivity index (χ0n) is 9.44. The van der Waals surface area contributed by atoms with Crippen LogP contribution in [0, 0.1) is 0 Å². The first-order valence-electron chi connectivity index (χ1n) is 5.25. The van der Waals surface area contributed by atoms with Gasteiger partial charge in [0, 0.05) is 10.9 Å². The summed E-state index contributed by atoms with van der Waals surface area (Å²) in [5, 5.41) is 11.2. The van der Waals surface area contributed by atoms with Crippen molar-refractivity contribution in [3.63, 3.8) is 0 Å². The van der Waals surface area contributed by atoms with E-state index in [0.29, 0.717) is 0 Å². The van der Waals surface area contributed by atoms with Crippen molar-refractivity contribution in [3.8, 4) is 0 Å². The molecule has 5 heteroatoms. The van der Waals surface area contributed by atoms with E-state index in [-0.39, 0.29) is 24.8 Å². The molecule has 0 saturated carbocycles. The highest BCUT2D eigenvalue weighted by molar-refractivity contribution is 9.10. The number of hydrogen-bond donors (Lipinski definition) is 2. The molecule has 1 aromatic rings. The lowest BCUT2D eigenvalue weighted by Crippen LogP contribution is -2.26. The van der Waals surface area contributed by atoms with Crippen LogP contribution in [0.1, 0.15) is 31.4 Å². The highest BCUT2D eigenvalue weighted by atomic mass is 79.9. The van der Waals surface area contributed by atoms with Crippen molar-refractivity contribution in [3.05, 3.63) is 34.3 Å². The molecule has 1 amide bonds. The largest absolute Gasteiger partial charge is 0.481 e. The topological polar surface area (TPSA) is 66.4 Å². The summed E-state index contributed by atoms with van der Waals surface area (Å²) in [5.41, 5.74) is 0.983. The Morgan fingerprint density at radius 3 is 2.41 bits per heavy atom. The molecule has 4 nitrogen and oxygen atoms in total. The van der Waals surface area contributed by atoms with E-state index in [1.165, 1.54) is 0 Å². The molecular weight excluding hydrogens is 286 g/mol. The molecule has 1 rings (SSSR count). The number of carboxylic acids is 1. The molecule has 1 atom stereocenters. The molecule has 0 bridgehead atoms. The van der Waals surface area contributed by atoms with E-state index in [1.54, 1.807) is 0 Å². The first-order chi connectivity index (χ1) is 7.99. The molecular formula is C12H14BrNO3. The van der Waals surface area contributed by atoms with Crippen LogP contribution in [0.3, 0.4) is 0 Å². The van der Waals surface area contributed by atoms with E-state index < -0.39 is 5.97 Å². The number of nitrogens with one attached hydrogen (secondary N) is 1. The quantitative estimate of drug-likeness (QED) is 0.878. The van der Waals surface area contributed by atoms with Crippen LogP contribution in [0.4, 0.5) is 0 Å². The Hall–Kier alpha value is -1.36. The molecule has 0 heterocycles. The van der Waals surface area contributed by atoms with Crippen molar-refractivity contribution < 1.29 is 14.7 Å². The molecule has 92 valence electrons. The normalized spacial score (nSPS) is 11.9. The second-order valence-corrected chi connectivity index (χ2v) is 4.65. The minimum absolute atomic E-state index is 0.0101. The Labute approximate surface area is 108 Å². The minimum Gasteiger partial charge on any atom is -0.481 e. The summed E-state index contributed by atoms with van der Waals surface area (Å²) >= 11 is 3.33. The molecule has 0 aliphatic carbocycles. The highest BCUT2D eigenvalue weighted by Gasteiger charge is 2.10. The fraction of sp³-hybridized carbons (Fsp3) is 0.333. The standard InChI is InChI=1S/C12H14BrNO3/c1-8(9-2-4-10(13)5-3-9)14-11(15)6-7-12(16)17/h2-5,8H,6-7H2,1H3,(H,14,15)(H,16,17)/t8-/m1/s1. The van der Waals surface area contributed by atoms with Gasteiger partial charge in [0.25, 0.3) is 0 Å². The SMILES string of the molecule is C[C@@H](NC(=O)CCC(=O)O)c1ccc(Br)cc1. The molecule has 2 N–H and O–H groups in total. The monoisotopic (exact) mass is 299 g/mol. The zero-order chi connectivity index (χ0) is 12.8. The summed E-state index contributed by atoms with van der Waals surface area (Å²) < 4.78 is 0.977. The van der Waals surface area contributed by atoms with E-state index in [4.69, 9.17) is 5.11 Å². The van der Waals surface area contributed by atoms with Gasteiger partial charge in [-0.2, -0.15) is 0 Å². The van der Waals surface area contributed by atoms with Crippen LogP contribution in [0.2, 0.25) is 0 Å². The predicted octanol–water partition coefficient (Wildman–Crippen LogP) is 2.49. The lowest BCUT2D eigenvalue weighted by Gasteiger charge is -2.14. The molecule has 0 radical (unpaired) electrons. The summed E-state index contributed by atoms with van der Waals surface area (Å²) in [6.07, 6.45) is -0.130. The Bertz CT molecular complexity index is 403. The predicted molar refractivity (Wildman–Crippen MR) is 67.6 cm³/mol. The third-order valence-corrected chi connectivity index (χ3v) is 2.84. The van der Waals surface area contributed by atoms with Crippen LogP contribution in [0.25, 0.3) is 0 Å². The lowest BCUT2D eigenvalue weighted by atomic mass is 10.1. The number of rotatable bonds is 5. The first kappa shape index (κ1) is 13.7. The van der Waals surface area contributed by atoms with Gasteiger partial charge in [-0.05, 0) is 24.6 Å². The van der Waals surface area contributed by atoms with Gasteiger partial charge in [0.15, 0.2) is 0 Å². The number of aliphatic carboxylic acids is 1. The van der Waals surface area contributed by atoms with Crippen LogP contribution in [0.5, 0.6) is 0 Å². The van der Waals surface area contributed by atoms with E-state index in [9.17, 15) is 9.59 Å². The van der Waals surface area contributed by atoms with Gasteiger partial charge in [0.1, 0.15) is 0 Å². The molecule has 0 unspecified atom stereocenters. The van der Waals surface area contributed by atoms with E-state index >= 15 is 0 Å². The molecule has 0 saturated heterocycles. The fourth-order valence-electron chi connectivity index (χ4n) is 1.37. The molecule has 0 aliphatic heterocycles. The van der Waals surface area contributed by atoms with Crippen molar-refractivity contribution >= 4 is 27.8 Å². The summed E-state index contributed by atoms with van der Waals surface area (Å²) in [6, 6.07) is 7.49. The fourth-order valence-corrected chi connectivity index (χ4v) is 1.63. The molecule has 17 heavy (non-hydrogen) atoms. The van der Waals surface area contributed by atoms with E-state index in [1.807, 2.05) is 31.2 Å². The van der Waals surface area contributed by atoms with Crippen molar-refractivity contribution in [1.29, 1.82) is 0 Å². The van der Waals surface area contributed by atoms with Gasteiger partial charge < -0.3 is 10.4 Å². The van der Waals surface area contributed by atoms with Gasteiger partial charge >= 0.3 is 5.97 Å². The Kier molecular flexibility index (Phi) is 5.15. The van der Waals surface area contributed by atoms with Crippen molar-refractivity contribution in [2.24, 2.45) is 0 Å². The third kappa shape index (κ3) is 4.99. The van der Waals surface area contributed by atoms with Gasteiger partial charge in [-0.1, -0.05) is 28.1 Å². The average molecular weight is 300 g/mol. The second-order valence-electron chi connectivity index (χ2n) is 3.73. The number of carbonyl (C=O) groups excluding carboxylic acids is 1. The summed E-state index contributed by atoms with van der Waals surface area (Å²) in [7, 11) is 0. The van der Waals surface area contributed by atoms with Gasteiger partial charge in [-0.25, -0.2) is 0 Å². The molecule has 1 aromatic carbocycles. The highest BCUT2D eigenvalue weighted by Crippen LogP contribution is 2.16. The number of hydrogen-bond acceptors (Lipinski definition) is 2. The third-order valence-electron chi connectivity index (χ3n) is 2.31. The molecule has 0 aliphatic rings. The van der Waals surface area contributed by atoms with Gasteiger partial charge in [0.2, 0.25) is 5.91 Å². The average Bonchev–Trinajstić information content (AvgIpc) is 2.27. The van der Waals surface area contributed by atoms with Gasteiger partial charge in [0.05, 0.1) is 12.5 Å². The van der Waals surface area contributed by atoms with Gasteiger partial charge in [-0.3, -0.25) is 9.59 Å². The maximum absolute atomic E-state index is 11.4. The number of benzene rings is 1. The number of carbonyl (C=O) groups is 2. The molecule has 0 spiro atoms. The van der Waals surface area contributed by atoms with Crippen LogP contribution in [0.15, 0.2) is 28.7 Å². The van der Waals surface area contributed by atoms with Gasteiger partial charge in [-0.15, -0.1) is 0 Å². The van der Waals surface area contributed by atoms with Crippen molar-refractivity contribution in [2.45, 2.75) is 25.8 Å². The maximum Gasteiger partial charge on any atom is 0.303 e. The zero-order valence-corrected chi connectivity index (χ0v) is 11.0. The van der Waals surface area contributed by atoms with E-state index in [2.05, 4.69) is 21.2 Å². The summed E-state index contributed by atoms with van der Waals surface area (Å²) in [5.74, 6) is -1.21. The minimum atomic E-state index is -0.962. The van der Waals surface area contributed by atoms with Crippen LogP contribution < -0.4 is 5.32 Å². The van der Waals surface area contributed by atoms with Crippen LogP contribution in [-0.2, 0) is 9.59 Å². The summed E-state index contributed by atoms with van der Waals surface area (Å²) in [6.45, 7) is 1.86. The number of amides is 1. The summed E-state index contributed by atoms with van der Waals surface area (Å²) in [4.78, 5) is 21.7. The number of carboxylic acid groups (broad SMARTS) is 1. The Morgan fingerprint density at radius 1 is 1.29 bits per heavy atom. The first-order valence-corrected chi connectivity index (χ1v) is 6.05. The lowest BCUT2D eigenvalue weighted by molar-refractivity contribution is -0.138. The van der Waals surface area contributed by atoms with Crippen LogP contribution in [-0.4, -0.2) is 17.0 Å². The Balaban J connectivity index is 2.48. The second kappa shape index (κ2) is 6.39. The maximum atomic E-state index is 11.4. The molecule has 0 aromatic heterocycles. The van der Waals surface area contributed by atoms with Crippen molar-refractivity contribution in [1.82, 2.24) is 5.32 Å².